The number of hydrogen-bond donors (Lipinski definition) is 1. The molecule has 5 rings (SSSR count). The third-order valence-electron chi connectivity index (χ3n) is 6.58. The van der Waals surface area contributed by atoms with Crippen LogP contribution in [0, 0.1) is 13.8 Å². The molecule has 0 spiro atoms. The van der Waals surface area contributed by atoms with Gasteiger partial charge < -0.3 is 14.6 Å². The zero-order chi connectivity index (χ0) is 26.8. The molecule has 0 aliphatic carbocycles. The van der Waals surface area contributed by atoms with E-state index in [0.717, 1.165) is 16.7 Å². The Morgan fingerprint density at radius 3 is 2.13 bits per heavy atom. The van der Waals surface area contributed by atoms with Gasteiger partial charge in [0.15, 0.2) is 0 Å². The molecule has 1 saturated heterocycles. The smallest absolute Gasteiger partial charge is 0.300 e. The summed E-state index contributed by atoms with van der Waals surface area (Å²) in [5, 5.41) is 11.4. The van der Waals surface area contributed by atoms with Crippen molar-refractivity contribution in [1.82, 2.24) is 0 Å². The molecule has 38 heavy (non-hydrogen) atoms. The van der Waals surface area contributed by atoms with E-state index >= 15 is 0 Å². The molecule has 0 radical (unpaired) electrons. The number of nitrogens with zero attached hydrogens (tertiary/aromatic N) is 1. The lowest BCUT2D eigenvalue weighted by molar-refractivity contribution is -0.132. The predicted molar refractivity (Wildman–Crippen MR) is 147 cm³/mol. The number of ether oxygens (including phenoxy) is 2. The number of amides is 1. The van der Waals surface area contributed by atoms with Crippen LogP contribution in [0.25, 0.3) is 5.76 Å². The molecule has 4 aromatic carbocycles. The summed E-state index contributed by atoms with van der Waals surface area (Å²) in [4.78, 5) is 28.4. The number of Topliss-reactive ketones (excluding diaryl/α,β-unsaturated/α-hetero) is 1. The predicted octanol–water partition coefficient (Wildman–Crippen LogP) is 6.73. The number of benzene rings is 4. The number of para-hydroxylation sites is 1. The number of aryl methyl sites for hydroxylation is 2. The van der Waals surface area contributed by atoms with Gasteiger partial charge in [-0.2, -0.15) is 0 Å². The molecule has 1 aliphatic rings. The Hall–Kier alpha value is -4.84. The Morgan fingerprint density at radius 1 is 0.789 bits per heavy atom. The van der Waals surface area contributed by atoms with Crippen molar-refractivity contribution >= 4 is 23.1 Å². The standard InChI is InChI=1S/C32H27NO5/c1-20-8-7-9-22(18-20)29-28(30(34)27-17-16-26(37-3)19-21(27)2)31(35)32(36)33(29)23-12-14-25(15-13-23)38-24-10-5-4-6-11-24/h4-19,29,34H,1-3H3/b30-28-. The summed E-state index contributed by atoms with van der Waals surface area (Å²) in [6.07, 6.45) is 0. The Labute approximate surface area is 221 Å². The number of carbonyl (C=O) groups is 2. The lowest BCUT2D eigenvalue weighted by Crippen LogP contribution is -2.29. The number of anilines is 1. The van der Waals surface area contributed by atoms with Crippen LogP contribution >= 0.6 is 0 Å². The van der Waals surface area contributed by atoms with Crippen molar-refractivity contribution in [2.75, 3.05) is 12.0 Å². The van der Waals surface area contributed by atoms with E-state index in [1.54, 1.807) is 49.6 Å². The van der Waals surface area contributed by atoms with Crippen molar-refractivity contribution in [3.05, 3.63) is 125 Å². The van der Waals surface area contributed by atoms with Gasteiger partial charge in [-0.25, -0.2) is 0 Å². The van der Waals surface area contributed by atoms with Gasteiger partial charge in [0.05, 0.1) is 18.7 Å². The van der Waals surface area contributed by atoms with Gasteiger partial charge in [0.25, 0.3) is 11.7 Å². The Kier molecular flexibility index (Phi) is 6.71. The Balaban J connectivity index is 1.61. The highest BCUT2D eigenvalue weighted by molar-refractivity contribution is 6.51. The van der Waals surface area contributed by atoms with Gasteiger partial charge in [-0.3, -0.25) is 14.5 Å². The Morgan fingerprint density at radius 2 is 1.47 bits per heavy atom. The summed E-state index contributed by atoms with van der Waals surface area (Å²) in [6, 6.07) is 28.3. The summed E-state index contributed by atoms with van der Waals surface area (Å²) < 4.78 is 11.2. The molecule has 0 aromatic heterocycles. The fraction of sp³-hybridized carbons (Fsp3) is 0.125. The second-order valence-corrected chi connectivity index (χ2v) is 9.17. The fourth-order valence-electron chi connectivity index (χ4n) is 4.73. The first kappa shape index (κ1) is 24.8. The van der Waals surface area contributed by atoms with Crippen LogP contribution in [0.4, 0.5) is 5.69 Å². The first-order valence-corrected chi connectivity index (χ1v) is 12.2. The van der Waals surface area contributed by atoms with Crippen LogP contribution in [0.3, 0.4) is 0 Å². The van der Waals surface area contributed by atoms with E-state index in [1.807, 2.05) is 68.4 Å². The normalized spacial score (nSPS) is 16.5. The van der Waals surface area contributed by atoms with E-state index in [9.17, 15) is 14.7 Å². The van der Waals surface area contributed by atoms with Crippen molar-refractivity contribution in [3.8, 4) is 17.2 Å². The molecule has 1 atom stereocenters. The van der Waals surface area contributed by atoms with E-state index in [2.05, 4.69) is 0 Å². The van der Waals surface area contributed by atoms with E-state index in [-0.39, 0.29) is 11.3 Å². The van der Waals surface area contributed by atoms with Gasteiger partial charge in [0, 0.05) is 11.3 Å². The van der Waals surface area contributed by atoms with E-state index < -0.39 is 17.7 Å². The van der Waals surface area contributed by atoms with E-state index in [0.29, 0.717) is 28.5 Å². The van der Waals surface area contributed by atoms with Crippen molar-refractivity contribution in [1.29, 1.82) is 0 Å². The van der Waals surface area contributed by atoms with E-state index in [4.69, 9.17) is 9.47 Å². The van der Waals surface area contributed by atoms with Crippen LogP contribution in [-0.4, -0.2) is 23.9 Å². The average Bonchev–Trinajstić information content (AvgIpc) is 3.19. The molecule has 1 heterocycles. The molecule has 0 bridgehead atoms. The highest BCUT2D eigenvalue weighted by Gasteiger charge is 2.47. The summed E-state index contributed by atoms with van der Waals surface area (Å²) >= 11 is 0. The fourth-order valence-corrected chi connectivity index (χ4v) is 4.73. The summed E-state index contributed by atoms with van der Waals surface area (Å²) in [5.74, 6) is 0.247. The molecular weight excluding hydrogens is 478 g/mol. The van der Waals surface area contributed by atoms with Crippen molar-refractivity contribution in [2.45, 2.75) is 19.9 Å². The van der Waals surface area contributed by atoms with Gasteiger partial charge in [0.1, 0.15) is 23.0 Å². The lowest BCUT2D eigenvalue weighted by Gasteiger charge is -2.26. The molecule has 1 N–H and O–H groups in total. The van der Waals surface area contributed by atoms with Gasteiger partial charge in [-0.1, -0.05) is 48.0 Å². The number of aliphatic hydroxyl groups excluding tert-OH is 1. The minimum absolute atomic E-state index is 0.0403. The SMILES string of the molecule is COc1ccc(/C(O)=C2/C(=O)C(=O)N(c3ccc(Oc4ccccc4)cc3)C2c2cccc(C)c2)c(C)c1. The van der Waals surface area contributed by atoms with Crippen molar-refractivity contribution in [2.24, 2.45) is 0 Å². The monoisotopic (exact) mass is 505 g/mol. The average molecular weight is 506 g/mol. The summed E-state index contributed by atoms with van der Waals surface area (Å²) in [6.45, 7) is 3.76. The Bertz CT molecular complexity index is 1540. The zero-order valence-corrected chi connectivity index (χ0v) is 21.3. The molecule has 6 heteroatoms. The molecule has 6 nitrogen and oxygen atoms in total. The minimum atomic E-state index is -0.808. The number of carbonyl (C=O) groups excluding carboxylic acids is 2. The maximum atomic E-state index is 13.5. The highest BCUT2D eigenvalue weighted by atomic mass is 16.5. The molecule has 1 fully saturated rings. The number of rotatable bonds is 6. The van der Waals surface area contributed by atoms with Gasteiger partial charge in [-0.05, 0) is 79.6 Å². The van der Waals surface area contributed by atoms with E-state index in [1.165, 1.54) is 4.90 Å². The quantitative estimate of drug-likeness (QED) is 0.179. The maximum absolute atomic E-state index is 13.5. The number of hydrogen-bond acceptors (Lipinski definition) is 5. The third-order valence-corrected chi connectivity index (χ3v) is 6.58. The van der Waals surface area contributed by atoms with Crippen molar-refractivity contribution in [3.63, 3.8) is 0 Å². The number of aliphatic hydroxyl groups is 1. The van der Waals surface area contributed by atoms with Gasteiger partial charge >= 0.3 is 0 Å². The van der Waals surface area contributed by atoms with Crippen LogP contribution in [0.15, 0.2) is 103 Å². The van der Waals surface area contributed by atoms with Gasteiger partial charge in [0.2, 0.25) is 0 Å². The van der Waals surface area contributed by atoms with Crippen LogP contribution in [0.2, 0.25) is 0 Å². The first-order chi connectivity index (χ1) is 18.4. The van der Waals surface area contributed by atoms with Crippen LogP contribution < -0.4 is 14.4 Å². The van der Waals surface area contributed by atoms with Crippen molar-refractivity contribution < 1.29 is 24.2 Å². The molecule has 1 amide bonds. The minimum Gasteiger partial charge on any atom is -0.507 e. The van der Waals surface area contributed by atoms with Crippen LogP contribution in [-0.2, 0) is 9.59 Å². The van der Waals surface area contributed by atoms with Gasteiger partial charge in [-0.15, -0.1) is 0 Å². The molecule has 1 aliphatic heterocycles. The molecule has 0 saturated carbocycles. The topological polar surface area (TPSA) is 76.1 Å². The first-order valence-electron chi connectivity index (χ1n) is 12.2. The number of methoxy groups -OCH3 is 1. The third kappa shape index (κ3) is 4.64. The second-order valence-electron chi connectivity index (χ2n) is 9.17. The number of ketones is 1. The molecule has 190 valence electrons. The molecule has 1 unspecified atom stereocenters. The second kappa shape index (κ2) is 10.3. The molecule has 4 aromatic rings. The zero-order valence-electron chi connectivity index (χ0n) is 21.3. The lowest BCUT2D eigenvalue weighted by atomic mass is 9.93. The maximum Gasteiger partial charge on any atom is 0.300 e. The highest BCUT2D eigenvalue weighted by Crippen LogP contribution is 2.43. The summed E-state index contributed by atoms with van der Waals surface area (Å²) in [7, 11) is 1.56. The van der Waals surface area contributed by atoms with Crippen LogP contribution in [0.5, 0.6) is 17.2 Å². The summed E-state index contributed by atoms with van der Waals surface area (Å²) in [5.41, 5.74) is 3.44. The largest absolute Gasteiger partial charge is 0.507 e. The molecular formula is C32H27NO5. The van der Waals surface area contributed by atoms with Crippen LogP contribution in [0.1, 0.15) is 28.3 Å².